The summed E-state index contributed by atoms with van der Waals surface area (Å²) in [5, 5.41) is 8.37. The summed E-state index contributed by atoms with van der Waals surface area (Å²) in [6.45, 7) is 0.625. The molecule has 0 unspecified atom stereocenters. The van der Waals surface area contributed by atoms with E-state index >= 15 is 0 Å². The molecule has 1 saturated heterocycles. The topological polar surface area (TPSA) is 74.3 Å². The number of carbonyl (C=O) groups excluding carboxylic acids is 2. The first-order valence-corrected chi connectivity index (χ1v) is 9.59. The van der Waals surface area contributed by atoms with Crippen molar-refractivity contribution in [3.8, 4) is 0 Å². The summed E-state index contributed by atoms with van der Waals surface area (Å²) in [7, 11) is 0. The Balaban J connectivity index is 1.60. The molecule has 0 bridgehead atoms. The third-order valence-electron chi connectivity index (χ3n) is 4.81. The molecule has 2 aliphatic heterocycles. The van der Waals surface area contributed by atoms with Crippen LogP contribution in [0, 0.1) is 5.82 Å². The fourth-order valence-electron chi connectivity index (χ4n) is 3.57. The van der Waals surface area contributed by atoms with Gasteiger partial charge >= 0.3 is 6.03 Å². The Morgan fingerprint density at radius 1 is 1.35 bits per heavy atom. The van der Waals surface area contributed by atoms with Crippen molar-refractivity contribution >= 4 is 34.6 Å². The molecule has 3 heterocycles. The van der Waals surface area contributed by atoms with Crippen molar-refractivity contribution in [3.05, 3.63) is 40.1 Å². The van der Waals surface area contributed by atoms with E-state index in [0.29, 0.717) is 36.3 Å². The van der Waals surface area contributed by atoms with E-state index < -0.39 is 5.82 Å². The lowest BCUT2D eigenvalue weighted by Crippen LogP contribution is -2.41. The quantitative estimate of drug-likeness (QED) is 0.836. The predicted molar refractivity (Wildman–Crippen MR) is 97.8 cm³/mol. The Labute approximate surface area is 154 Å². The Hall–Kier alpha value is -2.48. The maximum Gasteiger partial charge on any atom is 0.322 e. The summed E-state index contributed by atoms with van der Waals surface area (Å²) in [6.07, 6.45) is 5.35. The average molecular weight is 374 g/mol. The minimum atomic E-state index is -0.426. The smallest absolute Gasteiger partial charge is 0.322 e. The highest BCUT2D eigenvalue weighted by Crippen LogP contribution is 2.35. The fraction of sp³-hybridized carbons (Fsp3) is 0.389. The van der Waals surface area contributed by atoms with Gasteiger partial charge in [-0.25, -0.2) is 14.2 Å². The molecule has 6 nitrogen and oxygen atoms in total. The fourth-order valence-corrected chi connectivity index (χ4v) is 4.36. The highest BCUT2D eigenvalue weighted by molar-refractivity contribution is 7.09. The van der Waals surface area contributed by atoms with Crippen molar-refractivity contribution in [1.29, 1.82) is 0 Å². The second-order valence-electron chi connectivity index (χ2n) is 6.54. The number of anilines is 2. The number of hydrogen-bond donors (Lipinski definition) is 2. The number of aryl methyl sites for hydroxylation is 1. The highest BCUT2D eigenvalue weighted by Gasteiger charge is 2.30. The van der Waals surface area contributed by atoms with E-state index in [9.17, 15) is 14.0 Å². The Kier molecular flexibility index (Phi) is 4.58. The normalized spacial score (nSPS) is 19.7. The second kappa shape index (κ2) is 7.03. The summed E-state index contributed by atoms with van der Waals surface area (Å²) < 4.78 is 14.0. The van der Waals surface area contributed by atoms with Crippen LogP contribution in [-0.4, -0.2) is 28.4 Å². The number of nitrogens with zero attached hydrogens (tertiary/aromatic N) is 2. The van der Waals surface area contributed by atoms with Crippen LogP contribution in [0.15, 0.2) is 23.7 Å². The van der Waals surface area contributed by atoms with Gasteiger partial charge in [-0.1, -0.05) is 0 Å². The van der Waals surface area contributed by atoms with Crippen LogP contribution in [0.3, 0.4) is 0 Å². The van der Waals surface area contributed by atoms with Gasteiger partial charge in [-0.2, -0.15) is 0 Å². The van der Waals surface area contributed by atoms with E-state index in [4.69, 9.17) is 0 Å². The molecule has 8 heteroatoms. The van der Waals surface area contributed by atoms with Gasteiger partial charge in [0.05, 0.1) is 17.4 Å². The van der Waals surface area contributed by atoms with E-state index in [1.54, 1.807) is 11.1 Å². The monoisotopic (exact) mass is 374 g/mol. The number of nitrogens with one attached hydrogen (secondary N) is 2. The molecule has 2 N–H and O–H groups in total. The number of rotatable bonds is 2. The zero-order valence-electron chi connectivity index (χ0n) is 14.1. The van der Waals surface area contributed by atoms with Crippen molar-refractivity contribution in [2.75, 3.05) is 17.2 Å². The van der Waals surface area contributed by atoms with Crippen molar-refractivity contribution in [2.24, 2.45) is 0 Å². The van der Waals surface area contributed by atoms with E-state index in [0.717, 1.165) is 24.3 Å². The van der Waals surface area contributed by atoms with Crippen LogP contribution >= 0.6 is 11.3 Å². The molecule has 1 fully saturated rings. The maximum absolute atomic E-state index is 14.0. The number of thiazole rings is 1. The summed E-state index contributed by atoms with van der Waals surface area (Å²) in [6, 6.07) is 2.30. The van der Waals surface area contributed by atoms with Gasteiger partial charge in [-0.05, 0) is 43.4 Å². The molecule has 0 aliphatic carbocycles. The molecule has 3 amide bonds. The van der Waals surface area contributed by atoms with Gasteiger partial charge in [0.25, 0.3) is 0 Å². The van der Waals surface area contributed by atoms with Crippen LogP contribution in [0.4, 0.5) is 20.6 Å². The number of halogens is 1. The minimum Gasteiger partial charge on any atom is -0.324 e. The Morgan fingerprint density at radius 2 is 2.23 bits per heavy atom. The number of fused-ring (bicyclic) bond motifs is 1. The molecule has 1 aromatic carbocycles. The Morgan fingerprint density at radius 3 is 3.04 bits per heavy atom. The first-order valence-electron chi connectivity index (χ1n) is 8.71. The molecular weight excluding hydrogens is 355 g/mol. The van der Waals surface area contributed by atoms with Gasteiger partial charge in [0.1, 0.15) is 10.8 Å². The molecule has 2 aliphatic rings. The molecule has 2 aromatic rings. The molecule has 0 spiro atoms. The lowest BCUT2D eigenvalue weighted by atomic mass is 10.0. The Bertz CT molecular complexity index is 840. The van der Waals surface area contributed by atoms with Crippen molar-refractivity contribution in [3.63, 3.8) is 0 Å². The first-order chi connectivity index (χ1) is 12.6. The van der Waals surface area contributed by atoms with Crippen LogP contribution in [0.1, 0.15) is 42.3 Å². The zero-order valence-corrected chi connectivity index (χ0v) is 14.9. The van der Waals surface area contributed by atoms with Gasteiger partial charge < -0.3 is 15.5 Å². The second-order valence-corrected chi connectivity index (χ2v) is 7.47. The van der Waals surface area contributed by atoms with Crippen LogP contribution in [-0.2, 0) is 11.2 Å². The third kappa shape index (κ3) is 3.29. The standard InChI is InChI=1S/C18H19FN4O2S/c19-12-9-11-4-5-15(24)22-16(11)13(10-12)21-18(25)23-7-2-1-3-14(23)17-20-6-8-26-17/h6,8-10,14H,1-5,7H2,(H,21,25)(H,22,24)/t14-/m1/s1. The summed E-state index contributed by atoms with van der Waals surface area (Å²) in [5.74, 6) is -0.552. The lowest BCUT2D eigenvalue weighted by Gasteiger charge is -2.34. The number of carbonyl (C=O) groups is 2. The van der Waals surface area contributed by atoms with E-state index in [1.807, 2.05) is 5.38 Å². The van der Waals surface area contributed by atoms with Gasteiger partial charge in [0.2, 0.25) is 5.91 Å². The average Bonchev–Trinajstić information content (AvgIpc) is 3.17. The maximum atomic E-state index is 14.0. The number of aromatic nitrogens is 1. The SMILES string of the molecule is O=C1CCc2cc(F)cc(NC(=O)N3CCCC[C@@H]3c3nccs3)c2N1. The van der Waals surface area contributed by atoms with Crippen LogP contribution in [0.2, 0.25) is 0 Å². The van der Waals surface area contributed by atoms with E-state index in [1.165, 1.54) is 23.5 Å². The number of hydrogen-bond acceptors (Lipinski definition) is 4. The largest absolute Gasteiger partial charge is 0.324 e. The van der Waals surface area contributed by atoms with Crippen molar-refractivity contribution in [1.82, 2.24) is 9.88 Å². The van der Waals surface area contributed by atoms with E-state index in [2.05, 4.69) is 15.6 Å². The molecule has 0 saturated carbocycles. The van der Waals surface area contributed by atoms with Gasteiger partial charge in [0, 0.05) is 24.5 Å². The minimum absolute atomic E-state index is 0.0669. The molecule has 1 atom stereocenters. The lowest BCUT2D eigenvalue weighted by molar-refractivity contribution is -0.116. The van der Waals surface area contributed by atoms with Gasteiger partial charge in [-0.3, -0.25) is 4.79 Å². The molecule has 0 radical (unpaired) electrons. The number of benzene rings is 1. The third-order valence-corrected chi connectivity index (χ3v) is 5.69. The number of piperidine rings is 1. The molecule has 4 rings (SSSR count). The zero-order chi connectivity index (χ0) is 18.1. The van der Waals surface area contributed by atoms with Crippen LogP contribution < -0.4 is 10.6 Å². The highest BCUT2D eigenvalue weighted by atomic mass is 32.1. The molecule has 136 valence electrons. The van der Waals surface area contributed by atoms with Gasteiger partial charge in [-0.15, -0.1) is 11.3 Å². The first kappa shape index (κ1) is 17.0. The van der Waals surface area contributed by atoms with Gasteiger partial charge in [0.15, 0.2) is 0 Å². The predicted octanol–water partition coefficient (Wildman–Crippen LogP) is 3.93. The number of urea groups is 1. The summed E-state index contributed by atoms with van der Waals surface area (Å²) >= 11 is 1.53. The van der Waals surface area contributed by atoms with Crippen molar-refractivity contribution < 1.29 is 14.0 Å². The summed E-state index contributed by atoms with van der Waals surface area (Å²) in [5.41, 5.74) is 1.51. The van der Waals surface area contributed by atoms with E-state index in [-0.39, 0.29) is 18.0 Å². The van der Waals surface area contributed by atoms with Crippen LogP contribution in [0.25, 0.3) is 0 Å². The molecule has 1 aromatic heterocycles. The molecule has 26 heavy (non-hydrogen) atoms. The van der Waals surface area contributed by atoms with Crippen LogP contribution in [0.5, 0.6) is 0 Å². The number of amides is 3. The molecular formula is C18H19FN4O2S. The van der Waals surface area contributed by atoms with Crippen molar-refractivity contribution in [2.45, 2.75) is 38.1 Å². The summed E-state index contributed by atoms with van der Waals surface area (Å²) in [4.78, 5) is 30.7. The number of likely N-dealkylation sites (tertiary alicyclic amines) is 1.